The zero-order valence-corrected chi connectivity index (χ0v) is 21.0. The van der Waals surface area contributed by atoms with Gasteiger partial charge in [-0.2, -0.15) is 13.2 Å². The van der Waals surface area contributed by atoms with Crippen LogP contribution in [0.15, 0.2) is 55.0 Å². The number of nitrogens with one attached hydrogen (secondary N) is 1. The number of rotatable bonds is 4. The number of aliphatic hydroxyl groups is 1. The summed E-state index contributed by atoms with van der Waals surface area (Å²) in [5.41, 5.74) is 7.32. The van der Waals surface area contributed by atoms with Crippen LogP contribution >= 0.6 is 0 Å². The van der Waals surface area contributed by atoms with Gasteiger partial charge in [-0.3, -0.25) is 14.0 Å². The van der Waals surface area contributed by atoms with Crippen molar-refractivity contribution >= 4 is 29.0 Å². The summed E-state index contributed by atoms with van der Waals surface area (Å²) in [6.45, 7) is 0.435. The van der Waals surface area contributed by atoms with E-state index in [-0.39, 0.29) is 35.1 Å². The fraction of sp³-hybridized carbons (Fsp3) is 0.296. The number of aliphatic hydroxyl groups excluding tert-OH is 1. The number of piperidine rings is 1. The molecule has 5 heterocycles. The van der Waals surface area contributed by atoms with Crippen molar-refractivity contribution in [3.05, 3.63) is 71.9 Å². The van der Waals surface area contributed by atoms with E-state index in [0.717, 1.165) is 31.2 Å². The Kier molecular flexibility index (Phi) is 6.17. The minimum atomic E-state index is -4.56. The Hall–Kier alpha value is -4.52. The average molecular weight is 552 g/mol. The van der Waals surface area contributed by atoms with Crippen molar-refractivity contribution < 1.29 is 27.9 Å². The number of nitrogens with zero attached hydrogens (tertiary/aromatic N) is 5. The number of imidazole rings is 1. The molecule has 2 aliphatic heterocycles. The second-order valence-electron chi connectivity index (χ2n) is 9.98. The number of nitrogens with two attached hydrogens (primary N) is 1. The highest BCUT2D eigenvalue weighted by atomic mass is 19.4. The van der Waals surface area contributed by atoms with Crippen LogP contribution in [0.3, 0.4) is 0 Å². The number of anilines is 2. The molecule has 2 saturated heterocycles. The lowest BCUT2D eigenvalue weighted by atomic mass is 9.92. The number of benzene rings is 1. The Morgan fingerprint density at radius 1 is 1.10 bits per heavy atom. The number of amides is 2. The minimum Gasteiger partial charge on any atom is -0.383 e. The van der Waals surface area contributed by atoms with Crippen molar-refractivity contribution in [3.63, 3.8) is 0 Å². The number of halogens is 3. The van der Waals surface area contributed by atoms with Crippen molar-refractivity contribution in [3.8, 4) is 11.3 Å². The molecule has 0 unspecified atom stereocenters. The molecule has 0 saturated carbocycles. The van der Waals surface area contributed by atoms with Crippen molar-refractivity contribution in [2.45, 2.75) is 43.5 Å². The largest absolute Gasteiger partial charge is 0.416 e. The number of aromatic nitrogens is 4. The third-order valence-electron chi connectivity index (χ3n) is 7.49. The van der Waals surface area contributed by atoms with E-state index in [2.05, 4.69) is 15.3 Å². The molecule has 0 aliphatic carbocycles. The third kappa shape index (κ3) is 4.51. The number of hydrogen-bond donors (Lipinski definition) is 3. The van der Waals surface area contributed by atoms with E-state index < -0.39 is 23.8 Å². The molecule has 10 nitrogen and oxygen atoms in total. The molecule has 4 aromatic rings. The first-order valence-corrected chi connectivity index (χ1v) is 12.7. The van der Waals surface area contributed by atoms with Gasteiger partial charge in [0.1, 0.15) is 34.8 Å². The smallest absolute Gasteiger partial charge is 0.383 e. The first-order chi connectivity index (χ1) is 19.1. The highest BCUT2D eigenvalue weighted by molar-refractivity contribution is 6.04. The van der Waals surface area contributed by atoms with Crippen LogP contribution in [0.5, 0.6) is 0 Å². The molecule has 13 heteroatoms. The van der Waals surface area contributed by atoms with Crippen LogP contribution in [-0.2, 0) is 11.0 Å². The standard InChI is InChI=1S/C27H24F3N7O3/c28-27(29,30)17-7-8-32-20(11-17)34-25(39)15-3-1-14(2-4-15)21-22-23(31)33-9-10-36(22)24(35-21)16-5-6-18-12-19(38)26(40)37(18)13-16/h1-4,7-11,16,18-19,38H,5-6,12-13H2,(H2,31,33)(H,32,34,39)/t16-,18+,19-/m1/s1. The van der Waals surface area contributed by atoms with Crippen LogP contribution in [0.2, 0.25) is 0 Å². The van der Waals surface area contributed by atoms with E-state index in [0.29, 0.717) is 35.6 Å². The first kappa shape index (κ1) is 25.7. The molecule has 3 atom stereocenters. The number of alkyl halides is 3. The van der Waals surface area contributed by atoms with Crippen LogP contribution in [0.25, 0.3) is 16.8 Å². The average Bonchev–Trinajstić information content (AvgIpc) is 3.46. The van der Waals surface area contributed by atoms with E-state index in [4.69, 9.17) is 10.7 Å². The Labute approximate surface area is 225 Å². The molecule has 0 radical (unpaired) electrons. The molecule has 6 rings (SSSR count). The fourth-order valence-corrected chi connectivity index (χ4v) is 5.52. The lowest BCUT2D eigenvalue weighted by Crippen LogP contribution is -2.42. The van der Waals surface area contributed by atoms with Gasteiger partial charge in [0.05, 0.1) is 5.56 Å². The van der Waals surface area contributed by atoms with Gasteiger partial charge in [-0.15, -0.1) is 0 Å². The van der Waals surface area contributed by atoms with E-state index in [1.165, 1.54) is 12.1 Å². The van der Waals surface area contributed by atoms with E-state index in [9.17, 15) is 27.9 Å². The van der Waals surface area contributed by atoms with E-state index >= 15 is 0 Å². The highest BCUT2D eigenvalue weighted by Gasteiger charge is 2.43. The SMILES string of the molecule is Nc1nccn2c([C@@H]3CC[C@H]4C[C@@H](O)C(=O)N4C3)nc(-c3ccc(C(=O)Nc4cc(C(F)(F)F)ccn4)cc3)c12. The first-order valence-electron chi connectivity index (χ1n) is 12.7. The maximum absolute atomic E-state index is 13.0. The Bertz CT molecular complexity index is 1620. The maximum Gasteiger partial charge on any atom is 0.416 e. The fourth-order valence-electron chi connectivity index (χ4n) is 5.52. The van der Waals surface area contributed by atoms with Gasteiger partial charge in [-0.25, -0.2) is 15.0 Å². The van der Waals surface area contributed by atoms with Crippen molar-refractivity contribution in [2.24, 2.45) is 0 Å². The van der Waals surface area contributed by atoms with Gasteiger partial charge in [0.2, 0.25) is 0 Å². The molecule has 2 aliphatic rings. The molecule has 1 aromatic carbocycles. The van der Waals surface area contributed by atoms with Gasteiger partial charge in [-0.1, -0.05) is 12.1 Å². The number of pyridine rings is 1. The molecular formula is C27H24F3N7O3. The van der Waals surface area contributed by atoms with E-state index in [1.807, 2.05) is 4.40 Å². The Morgan fingerprint density at radius 3 is 2.62 bits per heavy atom. The van der Waals surface area contributed by atoms with Crippen molar-refractivity contribution in [2.75, 3.05) is 17.6 Å². The number of nitrogen functional groups attached to an aromatic ring is 1. The lowest BCUT2D eigenvalue weighted by Gasteiger charge is -2.34. The molecule has 206 valence electrons. The number of fused-ring (bicyclic) bond motifs is 2. The predicted octanol–water partition coefficient (Wildman–Crippen LogP) is 3.48. The summed E-state index contributed by atoms with van der Waals surface area (Å²) >= 11 is 0. The van der Waals surface area contributed by atoms with Crippen molar-refractivity contribution in [1.29, 1.82) is 0 Å². The minimum absolute atomic E-state index is 0.0287. The molecule has 40 heavy (non-hydrogen) atoms. The third-order valence-corrected chi connectivity index (χ3v) is 7.49. The quantitative estimate of drug-likeness (QED) is 0.353. The predicted molar refractivity (Wildman–Crippen MR) is 138 cm³/mol. The summed E-state index contributed by atoms with van der Waals surface area (Å²) in [6, 6.07) is 8.03. The molecule has 2 fully saturated rings. The Morgan fingerprint density at radius 2 is 1.88 bits per heavy atom. The zero-order valence-electron chi connectivity index (χ0n) is 21.0. The summed E-state index contributed by atoms with van der Waals surface area (Å²) in [5.74, 6) is -0.209. The van der Waals surface area contributed by atoms with Gasteiger partial charge in [0.25, 0.3) is 11.8 Å². The van der Waals surface area contributed by atoms with Crippen LogP contribution in [-0.4, -0.2) is 59.9 Å². The Balaban J connectivity index is 1.28. The van der Waals surface area contributed by atoms with Gasteiger partial charge in [0.15, 0.2) is 0 Å². The molecular weight excluding hydrogens is 527 g/mol. The maximum atomic E-state index is 13.0. The zero-order chi connectivity index (χ0) is 28.2. The summed E-state index contributed by atoms with van der Waals surface area (Å²) < 4.78 is 40.8. The highest BCUT2D eigenvalue weighted by Crippen LogP contribution is 2.38. The van der Waals surface area contributed by atoms with Gasteiger partial charge in [-0.05, 0) is 37.1 Å². The van der Waals surface area contributed by atoms with E-state index in [1.54, 1.807) is 29.4 Å². The van der Waals surface area contributed by atoms with Crippen molar-refractivity contribution in [1.82, 2.24) is 24.3 Å². The molecule has 0 spiro atoms. The number of carbonyl (C=O) groups excluding carboxylic acids is 2. The summed E-state index contributed by atoms with van der Waals surface area (Å²) in [5, 5.41) is 12.4. The lowest BCUT2D eigenvalue weighted by molar-refractivity contribution is -0.137. The van der Waals surface area contributed by atoms with Crippen LogP contribution in [0.4, 0.5) is 24.8 Å². The van der Waals surface area contributed by atoms with Crippen LogP contribution in [0, 0.1) is 0 Å². The van der Waals surface area contributed by atoms with Gasteiger partial charge >= 0.3 is 6.18 Å². The molecule has 2 amide bonds. The summed E-state index contributed by atoms with van der Waals surface area (Å²) in [7, 11) is 0. The normalized spacial score (nSPS) is 21.1. The monoisotopic (exact) mass is 551 g/mol. The second kappa shape index (κ2) is 9.59. The topological polar surface area (TPSA) is 139 Å². The van der Waals surface area contributed by atoms with Crippen LogP contribution in [0.1, 0.15) is 46.9 Å². The second-order valence-corrected chi connectivity index (χ2v) is 9.98. The molecule has 0 bridgehead atoms. The van der Waals surface area contributed by atoms with Gasteiger partial charge < -0.3 is 21.1 Å². The summed E-state index contributed by atoms with van der Waals surface area (Å²) in [6.07, 6.45) is 0.772. The molecule has 4 N–H and O–H groups in total. The van der Waals surface area contributed by atoms with Gasteiger partial charge in [0, 0.05) is 54.6 Å². The molecule has 3 aromatic heterocycles. The van der Waals surface area contributed by atoms with Crippen LogP contribution < -0.4 is 11.1 Å². The number of carbonyl (C=O) groups is 2. The summed E-state index contributed by atoms with van der Waals surface area (Å²) in [4.78, 5) is 39.8. The number of hydrogen-bond acceptors (Lipinski definition) is 7.